The van der Waals surface area contributed by atoms with E-state index >= 15 is 0 Å². The molecule has 2 heterocycles. The van der Waals surface area contributed by atoms with Gasteiger partial charge in [0.15, 0.2) is 17.6 Å². The second kappa shape index (κ2) is 6.54. The van der Waals surface area contributed by atoms with Crippen LogP contribution < -0.4 is 14.8 Å². The van der Waals surface area contributed by atoms with Gasteiger partial charge in [0.25, 0.3) is 0 Å². The van der Waals surface area contributed by atoms with Gasteiger partial charge in [0.1, 0.15) is 12.1 Å². The number of methoxy groups -OCH3 is 1. The molecule has 1 N–H and O–H groups in total. The standard InChI is InChI=1S/C15H16ClFN2O3/c1-20-12-6-10(16)11(17)7-13(12)22-14(9-2-3-18-8-9)15-19-4-5-21-15/h4-7,9,14,18H,2-3,8H2,1H3/t9-,14?/m0/s1. The SMILES string of the molecule is COc1cc(Cl)c(F)cc1OC(c1ncco1)[C@H]1CCNC1. The Hall–Kier alpha value is -1.79. The van der Waals surface area contributed by atoms with Crippen molar-refractivity contribution < 1.29 is 18.3 Å². The molecular formula is C15H16ClFN2O3. The highest BCUT2D eigenvalue weighted by Gasteiger charge is 2.32. The van der Waals surface area contributed by atoms with Gasteiger partial charge in [0.2, 0.25) is 5.89 Å². The number of hydrogen-bond donors (Lipinski definition) is 1. The van der Waals surface area contributed by atoms with Crippen LogP contribution in [-0.4, -0.2) is 25.2 Å². The molecule has 0 radical (unpaired) electrons. The first-order valence-corrected chi connectivity index (χ1v) is 7.36. The number of nitrogens with one attached hydrogen (secondary N) is 1. The van der Waals surface area contributed by atoms with Crippen LogP contribution >= 0.6 is 11.6 Å². The summed E-state index contributed by atoms with van der Waals surface area (Å²) in [6.07, 6.45) is 3.56. The molecule has 1 aliphatic heterocycles. The van der Waals surface area contributed by atoms with Crippen LogP contribution in [0.15, 0.2) is 29.0 Å². The van der Waals surface area contributed by atoms with Crippen molar-refractivity contribution in [2.45, 2.75) is 12.5 Å². The van der Waals surface area contributed by atoms with Crippen LogP contribution in [0.4, 0.5) is 4.39 Å². The van der Waals surface area contributed by atoms with Crippen molar-refractivity contribution in [2.24, 2.45) is 5.92 Å². The van der Waals surface area contributed by atoms with Crippen molar-refractivity contribution in [3.05, 3.63) is 41.3 Å². The second-order valence-corrected chi connectivity index (χ2v) is 5.49. The van der Waals surface area contributed by atoms with E-state index in [1.807, 2.05) is 0 Å². The van der Waals surface area contributed by atoms with Gasteiger partial charge in [-0.05, 0) is 13.0 Å². The minimum Gasteiger partial charge on any atom is -0.493 e. The van der Waals surface area contributed by atoms with Crippen molar-refractivity contribution in [1.29, 1.82) is 0 Å². The number of halogens is 2. The third-order valence-corrected chi connectivity index (χ3v) is 3.97. The van der Waals surface area contributed by atoms with Crippen LogP contribution in [0.5, 0.6) is 11.5 Å². The van der Waals surface area contributed by atoms with Gasteiger partial charge in [-0.25, -0.2) is 9.37 Å². The van der Waals surface area contributed by atoms with E-state index in [-0.39, 0.29) is 16.7 Å². The van der Waals surface area contributed by atoms with E-state index in [1.54, 1.807) is 6.20 Å². The number of aromatic nitrogens is 1. The van der Waals surface area contributed by atoms with E-state index < -0.39 is 11.9 Å². The Morgan fingerprint density at radius 3 is 2.95 bits per heavy atom. The summed E-state index contributed by atoms with van der Waals surface area (Å²) in [7, 11) is 1.48. The summed E-state index contributed by atoms with van der Waals surface area (Å²) in [4.78, 5) is 4.17. The Bertz CT molecular complexity index is 630. The maximum Gasteiger partial charge on any atom is 0.235 e. The first kappa shape index (κ1) is 15.1. The average molecular weight is 327 g/mol. The number of rotatable bonds is 5. The summed E-state index contributed by atoms with van der Waals surface area (Å²) in [6, 6.07) is 2.62. The molecule has 0 spiro atoms. The van der Waals surface area contributed by atoms with E-state index in [2.05, 4.69) is 10.3 Å². The third-order valence-electron chi connectivity index (χ3n) is 3.68. The zero-order valence-corrected chi connectivity index (χ0v) is 12.8. The second-order valence-electron chi connectivity index (χ2n) is 5.08. The highest BCUT2D eigenvalue weighted by Crippen LogP contribution is 2.38. The summed E-state index contributed by atoms with van der Waals surface area (Å²) in [5.74, 6) is 0.731. The summed E-state index contributed by atoms with van der Waals surface area (Å²) >= 11 is 5.78. The maximum absolute atomic E-state index is 13.7. The van der Waals surface area contributed by atoms with Gasteiger partial charge in [0.05, 0.1) is 18.3 Å². The average Bonchev–Trinajstić information content (AvgIpc) is 3.21. The monoisotopic (exact) mass is 326 g/mol. The fraction of sp³-hybridized carbons (Fsp3) is 0.400. The highest BCUT2D eigenvalue weighted by atomic mass is 35.5. The van der Waals surface area contributed by atoms with Gasteiger partial charge in [-0.3, -0.25) is 0 Å². The largest absolute Gasteiger partial charge is 0.493 e. The molecule has 1 unspecified atom stereocenters. The molecule has 1 aromatic carbocycles. The lowest BCUT2D eigenvalue weighted by Crippen LogP contribution is -2.22. The Morgan fingerprint density at radius 1 is 1.45 bits per heavy atom. The topological polar surface area (TPSA) is 56.5 Å². The van der Waals surface area contributed by atoms with E-state index in [1.165, 1.54) is 25.5 Å². The van der Waals surface area contributed by atoms with Crippen molar-refractivity contribution >= 4 is 11.6 Å². The predicted octanol–water partition coefficient (Wildman–Crippen LogP) is 3.21. The Labute approximate surface area is 132 Å². The molecule has 118 valence electrons. The van der Waals surface area contributed by atoms with Crippen molar-refractivity contribution in [3.63, 3.8) is 0 Å². The van der Waals surface area contributed by atoms with E-state index in [4.69, 9.17) is 25.5 Å². The molecule has 2 aromatic rings. The number of benzene rings is 1. The molecular weight excluding hydrogens is 311 g/mol. The smallest absolute Gasteiger partial charge is 0.235 e. The number of hydrogen-bond acceptors (Lipinski definition) is 5. The molecule has 1 aromatic heterocycles. The van der Waals surface area contributed by atoms with Gasteiger partial charge < -0.3 is 19.2 Å². The van der Waals surface area contributed by atoms with E-state index in [0.29, 0.717) is 11.6 Å². The van der Waals surface area contributed by atoms with Crippen molar-refractivity contribution in [1.82, 2.24) is 10.3 Å². The zero-order chi connectivity index (χ0) is 15.5. The molecule has 7 heteroatoms. The first-order valence-electron chi connectivity index (χ1n) is 6.99. The molecule has 5 nitrogen and oxygen atoms in total. The van der Waals surface area contributed by atoms with Crippen LogP contribution in [0.25, 0.3) is 0 Å². The molecule has 22 heavy (non-hydrogen) atoms. The molecule has 0 amide bonds. The van der Waals surface area contributed by atoms with Gasteiger partial charge >= 0.3 is 0 Å². The summed E-state index contributed by atoms with van der Waals surface area (Å²) < 4.78 is 30.3. The molecule has 3 rings (SSSR count). The molecule has 1 saturated heterocycles. The van der Waals surface area contributed by atoms with Crippen LogP contribution in [0.2, 0.25) is 5.02 Å². The fourth-order valence-corrected chi connectivity index (χ4v) is 2.71. The van der Waals surface area contributed by atoms with Gasteiger partial charge in [-0.15, -0.1) is 0 Å². The van der Waals surface area contributed by atoms with E-state index in [0.717, 1.165) is 19.5 Å². The summed E-state index contributed by atoms with van der Waals surface area (Å²) in [5, 5.41) is 3.26. The molecule has 1 fully saturated rings. The van der Waals surface area contributed by atoms with Crippen LogP contribution in [0.3, 0.4) is 0 Å². The lowest BCUT2D eigenvalue weighted by atomic mass is 10.0. The van der Waals surface area contributed by atoms with E-state index in [9.17, 15) is 4.39 Å². The predicted molar refractivity (Wildman–Crippen MR) is 78.8 cm³/mol. The number of oxazole rings is 1. The zero-order valence-electron chi connectivity index (χ0n) is 12.0. The van der Waals surface area contributed by atoms with Crippen LogP contribution in [0.1, 0.15) is 18.4 Å². The molecule has 2 atom stereocenters. The van der Waals surface area contributed by atoms with Crippen LogP contribution in [-0.2, 0) is 0 Å². The van der Waals surface area contributed by atoms with Crippen LogP contribution in [0, 0.1) is 11.7 Å². The minimum absolute atomic E-state index is 0.0144. The Morgan fingerprint density at radius 2 is 2.32 bits per heavy atom. The molecule has 0 bridgehead atoms. The van der Waals surface area contributed by atoms with Crippen molar-refractivity contribution in [2.75, 3.05) is 20.2 Å². The van der Waals surface area contributed by atoms with Crippen molar-refractivity contribution in [3.8, 4) is 11.5 Å². The van der Waals surface area contributed by atoms with Gasteiger partial charge in [-0.2, -0.15) is 0 Å². The molecule has 0 aliphatic carbocycles. The minimum atomic E-state index is -0.562. The normalized spacial score (nSPS) is 19.1. The lowest BCUT2D eigenvalue weighted by molar-refractivity contribution is 0.110. The molecule has 1 aliphatic rings. The lowest BCUT2D eigenvalue weighted by Gasteiger charge is -2.22. The Balaban J connectivity index is 1.92. The summed E-state index contributed by atoms with van der Waals surface area (Å²) in [5.41, 5.74) is 0. The van der Waals surface area contributed by atoms with Gasteiger partial charge in [-0.1, -0.05) is 11.6 Å². The maximum atomic E-state index is 13.7. The third kappa shape index (κ3) is 3.03. The highest BCUT2D eigenvalue weighted by molar-refractivity contribution is 6.30. The first-order chi connectivity index (χ1) is 10.7. The molecule has 0 saturated carbocycles. The fourth-order valence-electron chi connectivity index (χ4n) is 2.56. The summed E-state index contributed by atoms with van der Waals surface area (Å²) in [6.45, 7) is 1.68. The quantitative estimate of drug-likeness (QED) is 0.914. The van der Waals surface area contributed by atoms with Gasteiger partial charge in [0, 0.05) is 24.6 Å². The number of nitrogens with zero attached hydrogens (tertiary/aromatic N) is 1. The number of ether oxygens (including phenoxy) is 2. The Kier molecular flexibility index (Phi) is 4.49.